The minimum Gasteiger partial charge on any atom is -0.452 e. The summed E-state index contributed by atoms with van der Waals surface area (Å²) in [5.41, 5.74) is 16.1. The molecule has 13 rings (SSSR count). The highest BCUT2D eigenvalue weighted by atomic mass is 16.3. The molecule has 0 spiro atoms. The molecule has 0 atom stereocenters. The first kappa shape index (κ1) is 35.2. The number of benzene rings is 9. The summed E-state index contributed by atoms with van der Waals surface area (Å²) in [4.78, 5) is 11.1. The lowest BCUT2D eigenvalue weighted by Crippen LogP contribution is -1.96. The van der Waals surface area contributed by atoms with Crippen LogP contribution in [0, 0.1) is 0 Å². The summed E-state index contributed by atoms with van der Waals surface area (Å²) < 4.78 is 11.6. The van der Waals surface area contributed by atoms with Gasteiger partial charge >= 0.3 is 0 Å². The van der Waals surface area contributed by atoms with Gasteiger partial charge in [-0.3, -0.25) is 0 Å². The van der Waals surface area contributed by atoms with Crippen LogP contribution in [0.3, 0.4) is 0 Å². The number of para-hydroxylation sites is 4. The predicted octanol–water partition coefficient (Wildman–Crippen LogP) is 15.2. The van der Waals surface area contributed by atoms with Gasteiger partial charge < -0.3 is 13.6 Å². The van der Waals surface area contributed by atoms with Crippen molar-refractivity contribution in [2.24, 2.45) is 0 Å². The van der Waals surface area contributed by atoms with E-state index in [1.54, 1.807) is 0 Å². The highest BCUT2D eigenvalue weighted by Gasteiger charge is 2.25. The van der Waals surface area contributed by atoms with Gasteiger partial charge in [0, 0.05) is 49.4 Å². The summed E-state index contributed by atoms with van der Waals surface area (Å²) in [6, 6.07) is 77.2. The van der Waals surface area contributed by atoms with Crippen molar-refractivity contribution in [1.82, 2.24) is 19.1 Å². The Kier molecular flexibility index (Phi) is 7.84. The minimum atomic E-state index is 0.642. The van der Waals surface area contributed by atoms with Gasteiger partial charge in [-0.2, -0.15) is 0 Å². The van der Waals surface area contributed by atoms with Crippen molar-refractivity contribution in [3.8, 4) is 56.3 Å². The summed E-state index contributed by atoms with van der Waals surface area (Å²) in [5.74, 6) is 0.642. The van der Waals surface area contributed by atoms with Crippen molar-refractivity contribution in [3.63, 3.8) is 0 Å². The molecular weight excluding hydrogens is 769 g/mol. The third-order valence-electron chi connectivity index (χ3n) is 12.6. The lowest BCUT2D eigenvalue weighted by molar-refractivity contribution is 0.667. The van der Waals surface area contributed by atoms with E-state index in [0.717, 1.165) is 99.4 Å². The number of hydrogen-bond donors (Lipinski definition) is 0. The van der Waals surface area contributed by atoms with Gasteiger partial charge in [0.1, 0.15) is 16.8 Å². The molecule has 4 heterocycles. The van der Waals surface area contributed by atoms with E-state index in [0.29, 0.717) is 11.4 Å². The summed E-state index contributed by atoms with van der Waals surface area (Å²) in [5, 5.41) is 5.45. The van der Waals surface area contributed by atoms with E-state index in [4.69, 9.17) is 14.4 Å². The molecule has 13 aromatic rings. The first-order valence-corrected chi connectivity index (χ1v) is 21.3. The molecule has 294 valence electrons. The Labute approximate surface area is 362 Å². The van der Waals surface area contributed by atoms with E-state index in [-0.39, 0.29) is 0 Å². The molecule has 0 unspecified atom stereocenters. The molecule has 0 amide bonds. The van der Waals surface area contributed by atoms with E-state index in [9.17, 15) is 0 Å². The second kappa shape index (κ2) is 14.0. The Bertz CT molecular complexity index is 3880. The van der Waals surface area contributed by atoms with Gasteiger partial charge in [-0.25, -0.2) is 9.97 Å². The van der Waals surface area contributed by atoms with Crippen LogP contribution in [0.25, 0.3) is 122 Å². The highest BCUT2D eigenvalue weighted by Crippen LogP contribution is 2.44. The monoisotopic (exact) mass is 804 g/mol. The molecule has 0 N–H and O–H groups in total. The van der Waals surface area contributed by atoms with Crippen molar-refractivity contribution >= 4 is 65.7 Å². The second-order valence-corrected chi connectivity index (χ2v) is 16.1. The van der Waals surface area contributed by atoms with Gasteiger partial charge in [-0.05, 0) is 82.9 Å². The Morgan fingerprint density at radius 3 is 1.44 bits per heavy atom. The molecule has 0 aliphatic heterocycles. The van der Waals surface area contributed by atoms with Crippen LogP contribution in [0.4, 0.5) is 0 Å². The smallest absolute Gasteiger partial charge is 0.180 e. The van der Waals surface area contributed by atoms with Crippen molar-refractivity contribution < 1.29 is 4.42 Å². The largest absolute Gasteiger partial charge is 0.452 e. The highest BCUT2D eigenvalue weighted by molar-refractivity contribution is 6.20. The van der Waals surface area contributed by atoms with Crippen LogP contribution in [0.15, 0.2) is 223 Å². The zero-order chi connectivity index (χ0) is 41.4. The minimum absolute atomic E-state index is 0.642. The van der Waals surface area contributed by atoms with E-state index in [1.165, 1.54) is 11.1 Å². The van der Waals surface area contributed by atoms with Crippen LogP contribution in [-0.2, 0) is 0 Å². The number of rotatable bonds is 6. The van der Waals surface area contributed by atoms with Crippen molar-refractivity contribution in [1.29, 1.82) is 0 Å². The molecule has 0 fully saturated rings. The fourth-order valence-corrected chi connectivity index (χ4v) is 9.74. The number of furan rings is 1. The number of aromatic nitrogens is 4. The quantitative estimate of drug-likeness (QED) is 0.168. The lowest BCUT2D eigenvalue weighted by atomic mass is 9.99. The Balaban J connectivity index is 1.10. The summed E-state index contributed by atoms with van der Waals surface area (Å²) in [6.45, 7) is 0. The molecule has 63 heavy (non-hydrogen) atoms. The maximum atomic E-state index is 6.93. The SMILES string of the molecule is c1ccc(-c2ccc(-c3ccc4oc5c(-c6cccc7c6c6ccccc6n7-c6ccccc6)nc(-c6cccc7c6c6ccccc6n7-c6ccccc6)nc5c4c3)cc2)cc1. The van der Waals surface area contributed by atoms with Gasteiger partial charge in [0.05, 0.1) is 22.1 Å². The molecule has 0 aliphatic rings. The van der Waals surface area contributed by atoms with Crippen LogP contribution in [-0.4, -0.2) is 19.1 Å². The van der Waals surface area contributed by atoms with Crippen molar-refractivity contribution in [3.05, 3.63) is 218 Å². The molecule has 0 bridgehead atoms. The summed E-state index contributed by atoms with van der Waals surface area (Å²) in [6.07, 6.45) is 0. The number of hydrogen-bond acceptors (Lipinski definition) is 3. The summed E-state index contributed by atoms with van der Waals surface area (Å²) in [7, 11) is 0. The van der Waals surface area contributed by atoms with Gasteiger partial charge in [0.25, 0.3) is 0 Å². The molecule has 0 radical (unpaired) electrons. The Morgan fingerprint density at radius 1 is 0.349 bits per heavy atom. The topological polar surface area (TPSA) is 48.8 Å². The molecule has 9 aromatic carbocycles. The summed E-state index contributed by atoms with van der Waals surface area (Å²) >= 11 is 0. The van der Waals surface area contributed by atoms with E-state index in [1.807, 2.05) is 0 Å². The zero-order valence-electron chi connectivity index (χ0n) is 34.0. The molecule has 4 aromatic heterocycles. The molecule has 0 aliphatic carbocycles. The van der Waals surface area contributed by atoms with Crippen LogP contribution >= 0.6 is 0 Å². The molecule has 5 heteroatoms. The van der Waals surface area contributed by atoms with Gasteiger partial charge in [-0.1, -0.05) is 158 Å². The third-order valence-corrected chi connectivity index (χ3v) is 12.6. The van der Waals surface area contributed by atoms with E-state index in [2.05, 4.69) is 228 Å². The van der Waals surface area contributed by atoms with Crippen LogP contribution < -0.4 is 0 Å². The maximum absolute atomic E-state index is 6.93. The lowest BCUT2D eigenvalue weighted by Gasteiger charge is -2.11. The van der Waals surface area contributed by atoms with E-state index >= 15 is 0 Å². The van der Waals surface area contributed by atoms with Crippen molar-refractivity contribution in [2.45, 2.75) is 0 Å². The fraction of sp³-hybridized carbons (Fsp3) is 0. The second-order valence-electron chi connectivity index (χ2n) is 16.1. The van der Waals surface area contributed by atoms with E-state index < -0.39 is 0 Å². The van der Waals surface area contributed by atoms with Crippen LogP contribution in [0.2, 0.25) is 0 Å². The maximum Gasteiger partial charge on any atom is 0.180 e. The fourth-order valence-electron chi connectivity index (χ4n) is 9.74. The number of nitrogens with zero attached hydrogens (tertiary/aromatic N) is 4. The number of fused-ring (bicyclic) bond motifs is 9. The van der Waals surface area contributed by atoms with Gasteiger partial charge in [0.15, 0.2) is 11.4 Å². The van der Waals surface area contributed by atoms with Crippen molar-refractivity contribution in [2.75, 3.05) is 0 Å². The first-order chi connectivity index (χ1) is 31.3. The van der Waals surface area contributed by atoms with Crippen LogP contribution in [0.5, 0.6) is 0 Å². The Hall–Kier alpha value is -8.54. The third kappa shape index (κ3) is 5.50. The zero-order valence-corrected chi connectivity index (χ0v) is 34.0. The molecule has 0 saturated heterocycles. The molecule has 0 saturated carbocycles. The predicted molar refractivity (Wildman–Crippen MR) is 260 cm³/mol. The average Bonchev–Trinajstić information content (AvgIpc) is 4.02. The molecule has 5 nitrogen and oxygen atoms in total. The van der Waals surface area contributed by atoms with Gasteiger partial charge in [-0.15, -0.1) is 0 Å². The Morgan fingerprint density at radius 2 is 0.825 bits per heavy atom. The first-order valence-electron chi connectivity index (χ1n) is 21.3. The standard InChI is InChI=1S/C58H36N4O/c1-4-16-37(17-5-1)38-30-32-39(33-31-38)40-34-35-52-47(36-40)56-57(63-52)55(45-24-14-28-50-53(45)43-22-10-12-26-48(43)61(50)41-18-6-2-7-19-41)59-58(60-56)46-25-15-29-51-54(46)44-23-11-13-27-49(44)62(51)42-20-8-3-9-21-42/h1-36H. The molecular formula is C58H36N4O. The van der Waals surface area contributed by atoms with Crippen LogP contribution in [0.1, 0.15) is 0 Å². The normalized spacial score (nSPS) is 11.8. The van der Waals surface area contributed by atoms with Gasteiger partial charge in [0.2, 0.25) is 0 Å². The average molecular weight is 805 g/mol.